The Balaban J connectivity index is 1.56. The number of aromatic nitrogens is 2. The number of likely N-dealkylation sites (tertiary alicyclic amines) is 1. The Morgan fingerprint density at radius 2 is 1.89 bits per heavy atom. The molecule has 0 spiro atoms. The summed E-state index contributed by atoms with van der Waals surface area (Å²) in [6, 6.07) is 0. The van der Waals surface area contributed by atoms with E-state index in [9.17, 15) is 18.0 Å². The summed E-state index contributed by atoms with van der Waals surface area (Å²) in [5.41, 5.74) is 2.65. The van der Waals surface area contributed by atoms with Crippen LogP contribution in [0, 0.1) is 5.92 Å². The summed E-state index contributed by atoms with van der Waals surface area (Å²) in [4.78, 5) is 25.6. The number of sulfonamides is 1. The first-order valence-corrected chi connectivity index (χ1v) is 11.5. The van der Waals surface area contributed by atoms with Gasteiger partial charge in [-0.15, -0.1) is 0 Å². The highest BCUT2D eigenvalue weighted by atomic mass is 32.2. The SMILES string of the molecule is CC(=O)N1CCC(CC(=O)NCc2nn(C)c3c2CN(S(C)(=O)=O)CC3)CC1. The lowest BCUT2D eigenvalue weighted by atomic mass is 9.93. The van der Waals surface area contributed by atoms with E-state index in [1.54, 1.807) is 11.6 Å². The van der Waals surface area contributed by atoms with Gasteiger partial charge in [-0.2, -0.15) is 9.40 Å². The van der Waals surface area contributed by atoms with Crippen molar-refractivity contribution in [3.8, 4) is 0 Å². The lowest BCUT2D eigenvalue weighted by Gasteiger charge is -2.30. The van der Waals surface area contributed by atoms with E-state index >= 15 is 0 Å². The van der Waals surface area contributed by atoms with Crippen LogP contribution in [0.1, 0.15) is 43.1 Å². The molecule has 1 fully saturated rings. The lowest BCUT2D eigenvalue weighted by Crippen LogP contribution is -2.38. The second-order valence-electron chi connectivity index (χ2n) is 7.77. The zero-order chi connectivity index (χ0) is 20.5. The molecule has 2 aliphatic rings. The number of amides is 2. The Labute approximate surface area is 166 Å². The van der Waals surface area contributed by atoms with Gasteiger partial charge in [0, 0.05) is 64.2 Å². The molecule has 1 aromatic rings. The van der Waals surface area contributed by atoms with Crippen LogP contribution in [0.4, 0.5) is 0 Å². The molecule has 9 nitrogen and oxygen atoms in total. The van der Waals surface area contributed by atoms with Crippen LogP contribution in [0.25, 0.3) is 0 Å². The average molecular weight is 412 g/mol. The first kappa shape index (κ1) is 20.8. The zero-order valence-electron chi connectivity index (χ0n) is 16.8. The number of carbonyl (C=O) groups is 2. The number of nitrogens with one attached hydrogen (secondary N) is 1. The molecule has 0 radical (unpaired) electrons. The first-order chi connectivity index (χ1) is 13.1. The van der Waals surface area contributed by atoms with Gasteiger partial charge < -0.3 is 10.2 Å². The monoisotopic (exact) mass is 411 g/mol. The molecule has 10 heteroatoms. The van der Waals surface area contributed by atoms with Crippen LogP contribution in [0.15, 0.2) is 0 Å². The van der Waals surface area contributed by atoms with Crippen LogP contribution < -0.4 is 5.32 Å². The fourth-order valence-corrected chi connectivity index (χ4v) is 4.83. The maximum absolute atomic E-state index is 12.4. The van der Waals surface area contributed by atoms with Crippen molar-refractivity contribution in [1.82, 2.24) is 24.3 Å². The molecule has 0 atom stereocenters. The minimum absolute atomic E-state index is 0.0311. The van der Waals surface area contributed by atoms with Crippen LogP contribution in [0.2, 0.25) is 0 Å². The number of carbonyl (C=O) groups excluding carboxylic acids is 2. The van der Waals surface area contributed by atoms with E-state index in [2.05, 4.69) is 10.4 Å². The predicted molar refractivity (Wildman–Crippen MR) is 104 cm³/mol. The van der Waals surface area contributed by atoms with Gasteiger partial charge in [0.05, 0.1) is 18.5 Å². The van der Waals surface area contributed by atoms with Gasteiger partial charge in [0.1, 0.15) is 0 Å². The molecular weight excluding hydrogens is 382 g/mol. The Kier molecular flexibility index (Phi) is 6.09. The number of hydrogen-bond donors (Lipinski definition) is 1. The van der Waals surface area contributed by atoms with Crippen molar-refractivity contribution in [2.75, 3.05) is 25.9 Å². The fraction of sp³-hybridized carbons (Fsp3) is 0.722. The van der Waals surface area contributed by atoms with Crippen LogP contribution in [0.5, 0.6) is 0 Å². The normalized spacial score (nSPS) is 18.8. The molecule has 0 saturated carbocycles. The standard InChI is InChI=1S/C18H29N5O4S/c1-13(24)22-7-4-14(5-8-22)10-18(25)19-11-16-15-12-23(28(3,26)27)9-6-17(15)21(2)20-16/h14H,4-12H2,1-3H3,(H,19,25). The predicted octanol–water partition coefficient (Wildman–Crippen LogP) is 0.00260. The third-order valence-electron chi connectivity index (χ3n) is 5.75. The van der Waals surface area contributed by atoms with Gasteiger partial charge in [0.15, 0.2) is 0 Å². The van der Waals surface area contributed by atoms with E-state index in [0.29, 0.717) is 45.6 Å². The topological polar surface area (TPSA) is 105 Å². The summed E-state index contributed by atoms with van der Waals surface area (Å²) in [5.74, 6) is 0.344. The highest BCUT2D eigenvalue weighted by Crippen LogP contribution is 2.24. The molecule has 3 rings (SSSR count). The molecule has 0 bridgehead atoms. The molecule has 0 aromatic carbocycles. The van der Waals surface area contributed by atoms with Crippen LogP contribution >= 0.6 is 0 Å². The molecular formula is C18H29N5O4S. The van der Waals surface area contributed by atoms with Crippen molar-refractivity contribution in [3.63, 3.8) is 0 Å². The molecule has 156 valence electrons. The van der Waals surface area contributed by atoms with Crippen molar-refractivity contribution in [3.05, 3.63) is 17.0 Å². The first-order valence-electron chi connectivity index (χ1n) is 9.66. The molecule has 0 aliphatic carbocycles. The number of aryl methyl sites for hydroxylation is 1. The van der Waals surface area contributed by atoms with Gasteiger partial charge in [-0.25, -0.2) is 8.42 Å². The fourth-order valence-electron chi connectivity index (χ4n) is 4.04. The van der Waals surface area contributed by atoms with Crippen LogP contribution in [-0.2, 0) is 46.2 Å². The van der Waals surface area contributed by atoms with Crippen molar-refractivity contribution >= 4 is 21.8 Å². The molecule has 3 heterocycles. The summed E-state index contributed by atoms with van der Waals surface area (Å²) in [7, 11) is -1.41. The number of hydrogen-bond acceptors (Lipinski definition) is 5. The van der Waals surface area contributed by atoms with Gasteiger partial charge in [0.2, 0.25) is 21.8 Å². The largest absolute Gasteiger partial charge is 0.350 e. The number of piperidine rings is 1. The van der Waals surface area contributed by atoms with Gasteiger partial charge in [0.25, 0.3) is 0 Å². The maximum atomic E-state index is 12.4. The van der Waals surface area contributed by atoms with Gasteiger partial charge in [-0.3, -0.25) is 14.3 Å². The van der Waals surface area contributed by atoms with Crippen molar-refractivity contribution < 1.29 is 18.0 Å². The van der Waals surface area contributed by atoms with E-state index in [-0.39, 0.29) is 17.7 Å². The average Bonchev–Trinajstić information content (AvgIpc) is 2.95. The van der Waals surface area contributed by atoms with Crippen molar-refractivity contribution in [1.29, 1.82) is 0 Å². The molecule has 2 amide bonds. The molecule has 2 aliphatic heterocycles. The smallest absolute Gasteiger partial charge is 0.220 e. The van der Waals surface area contributed by atoms with Crippen molar-refractivity contribution in [2.24, 2.45) is 13.0 Å². The Bertz CT molecular complexity index is 856. The molecule has 1 N–H and O–H groups in total. The second kappa shape index (κ2) is 8.20. The third-order valence-corrected chi connectivity index (χ3v) is 7.00. The molecule has 1 saturated heterocycles. The van der Waals surface area contributed by atoms with Gasteiger partial charge in [-0.1, -0.05) is 0 Å². The van der Waals surface area contributed by atoms with E-state index < -0.39 is 10.0 Å². The zero-order valence-corrected chi connectivity index (χ0v) is 17.6. The molecule has 0 unspecified atom stereocenters. The Hall–Kier alpha value is -1.94. The lowest BCUT2D eigenvalue weighted by molar-refractivity contribution is -0.130. The van der Waals surface area contributed by atoms with E-state index in [1.807, 2.05) is 11.9 Å². The quantitative estimate of drug-likeness (QED) is 0.735. The minimum Gasteiger partial charge on any atom is -0.350 e. The maximum Gasteiger partial charge on any atom is 0.220 e. The molecule has 1 aromatic heterocycles. The Morgan fingerprint density at radius 3 is 2.50 bits per heavy atom. The van der Waals surface area contributed by atoms with Gasteiger partial charge >= 0.3 is 0 Å². The highest BCUT2D eigenvalue weighted by molar-refractivity contribution is 7.88. The van der Waals surface area contributed by atoms with Crippen LogP contribution in [-0.4, -0.2) is 65.1 Å². The summed E-state index contributed by atoms with van der Waals surface area (Å²) in [6.07, 6.45) is 3.96. The van der Waals surface area contributed by atoms with E-state index in [0.717, 1.165) is 29.8 Å². The number of fused-ring (bicyclic) bond motifs is 1. The third kappa shape index (κ3) is 4.72. The number of nitrogens with zero attached hydrogens (tertiary/aromatic N) is 4. The summed E-state index contributed by atoms with van der Waals surface area (Å²) in [6.45, 7) is 4.05. The van der Waals surface area contributed by atoms with E-state index in [1.165, 1.54) is 10.6 Å². The minimum atomic E-state index is -3.26. The summed E-state index contributed by atoms with van der Waals surface area (Å²) in [5, 5.41) is 7.43. The van der Waals surface area contributed by atoms with Crippen molar-refractivity contribution in [2.45, 2.75) is 45.7 Å². The highest BCUT2D eigenvalue weighted by Gasteiger charge is 2.29. The molecule has 28 heavy (non-hydrogen) atoms. The van der Waals surface area contributed by atoms with Gasteiger partial charge in [-0.05, 0) is 18.8 Å². The summed E-state index contributed by atoms with van der Waals surface area (Å²) >= 11 is 0. The number of rotatable bonds is 5. The Morgan fingerprint density at radius 1 is 1.21 bits per heavy atom. The van der Waals surface area contributed by atoms with Crippen LogP contribution in [0.3, 0.4) is 0 Å². The summed E-state index contributed by atoms with van der Waals surface area (Å²) < 4.78 is 27.0. The second-order valence-corrected chi connectivity index (χ2v) is 9.75. The van der Waals surface area contributed by atoms with E-state index in [4.69, 9.17) is 0 Å².